The summed E-state index contributed by atoms with van der Waals surface area (Å²) in [7, 11) is 0. The zero-order valence-electron chi connectivity index (χ0n) is 55.2. The fourth-order valence-corrected chi connectivity index (χ4v) is 10.5. The van der Waals surface area contributed by atoms with E-state index in [2.05, 4.69) is 106 Å². The van der Waals surface area contributed by atoms with Crippen LogP contribution in [-0.2, 0) is 28.6 Å². The summed E-state index contributed by atoms with van der Waals surface area (Å²) in [4.78, 5) is 38.5. The second-order valence-electron chi connectivity index (χ2n) is 24.1. The Hall–Kier alpha value is -3.41. The monoisotopic (exact) mass is 1160 g/mol. The standard InChI is InChI=1S/C77H136O6/c1-4-7-10-13-16-19-22-25-28-30-32-34-36-37-38-39-41-42-44-46-49-52-55-58-61-64-67-70-76(79)82-73-74(72-81-75(78)69-66-63-60-57-54-51-48-27-24-21-18-15-12-9-6-3)83-77(80)71-68-65-62-59-56-53-50-47-45-43-40-35-33-31-29-26-23-20-17-14-11-8-5-2/h8,11,17,20,22,25-27,29-30,32-33,35,48,74H,4-7,9-10,12-16,18-19,21,23-24,28,31,34,36-47,49-73H2,1-3H3/b11-8-,20-17-,25-22-,29-26-,32-30-,35-33-,48-27-. The molecule has 0 aromatic heterocycles. The molecule has 0 aliphatic rings. The summed E-state index contributed by atoms with van der Waals surface area (Å²) in [6.45, 7) is 6.55. The molecule has 0 saturated carbocycles. The maximum absolute atomic E-state index is 13.0. The van der Waals surface area contributed by atoms with E-state index in [1.54, 1.807) is 0 Å². The van der Waals surface area contributed by atoms with E-state index in [0.717, 1.165) is 96.3 Å². The lowest BCUT2D eigenvalue weighted by molar-refractivity contribution is -0.167. The minimum atomic E-state index is -0.784. The van der Waals surface area contributed by atoms with Crippen LogP contribution in [0.1, 0.15) is 367 Å². The van der Waals surface area contributed by atoms with E-state index in [9.17, 15) is 14.4 Å². The van der Waals surface area contributed by atoms with E-state index >= 15 is 0 Å². The summed E-state index contributed by atoms with van der Waals surface area (Å²) in [5, 5.41) is 0. The van der Waals surface area contributed by atoms with E-state index in [-0.39, 0.29) is 31.1 Å². The molecule has 6 heteroatoms. The van der Waals surface area contributed by atoms with Crippen molar-refractivity contribution in [3.05, 3.63) is 85.1 Å². The van der Waals surface area contributed by atoms with Gasteiger partial charge in [-0.15, -0.1) is 0 Å². The summed E-state index contributed by atoms with van der Waals surface area (Å²) in [6, 6.07) is 0. The number of hydrogen-bond donors (Lipinski definition) is 0. The molecule has 0 spiro atoms. The first-order chi connectivity index (χ1) is 41.0. The normalized spacial score (nSPS) is 12.6. The molecule has 0 aromatic rings. The Bertz CT molecular complexity index is 1570. The zero-order chi connectivity index (χ0) is 59.9. The molecule has 0 heterocycles. The summed E-state index contributed by atoms with van der Waals surface area (Å²) >= 11 is 0. The molecule has 480 valence electrons. The Morgan fingerprint density at radius 2 is 0.470 bits per heavy atom. The van der Waals surface area contributed by atoms with E-state index in [1.807, 2.05) is 0 Å². The van der Waals surface area contributed by atoms with Crippen LogP contribution in [0.3, 0.4) is 0 Å². The van der Waals surface area contributed by atoms with Crippen molar-refractivity contribution in [2.24, 2.45) is 0 Å². The predicted molar refractivity (Wildman–Crippen MR) is 362 cm³/mol. The van der Waals surface area contributed by atoms with Crippen molar-refractivity contribution in [2.45, 2.75) is 374 Å². The van der Waals surface area contributed by atoms with Gasteiger partial charge >= 0.3 is 17.9 Å². The largest absolute Gasteiger partial charge is 0.462 e. The molecule has 0 fully saturated rings. The molecular formula is C77H136O6. The lowest BCUT2D eigenvalue weighted by Gasteiger charge is -2.18. The number of carbonyl (C=O) groups excluding carboxylic acids is 3. The van der Waals surface area contributed by atoms with Crippen LogP contribution >= 0.6 is 0 Å². The fourth-order valence-electron chi connectivity index (χ4n) is 10.5. The van der Waals surface area contributed by atoms with E-state index in [0.29, 0.717) is 19.3 Å². The van der Waals surface area contributed by atoms with Gasteiger partial charge in [-0.25, -0.2) is 0 Å². The van der Waals surface area contributed by atoms with Crippen LogP contribution in [0.25, 0.3) is 0 Å². The molecule has 0 bridgehead atoms. The van der Waals surface area contributed by atoms with Gasteiger partial charge in [0.25, 0.3) is 0 Å². The molecule has 0 aliphatic heterocycles. The second kappa shape index (κ2) is 71.1. The highest BCUT2D eigenvalue weighted by Gasteiger charge is 2.19. The van der Waals surface area contributed by atoms with Crippen LogP contribution in [0.5, 0.6) is 0 Å². The minimum absolute atomic E-state index is 0.0780. The first-order valence-corrected chi connectivity index (χ1v) is 36.1. The Labute approximate surface area is 515 Å². The average Bonchev–Trinajstić information content (AvgIpc) is 3.49. The molecule has 0 amide bonds. The van der Waals surface area contributed by atoms with Gasteiger partial charge < -0.3 is 14.2 Å². The number of carbonyl (C=O) groups is 3. The van der Waals surface area contributed by atoms with E-state index < -0.39 is 6.10 Å². The van der Waals surface area contributed by atoms with Crippen LogP contribution < -0.4 is 0 Å². The lowest BCUT2D eigenvalue weighted by atomic mass is 10.0. The predicted octanol–water partition coefficient (Wildman–Crippen LogP) is 25.0. The number of hydrogen-bond acceptors (Lipinski definition) is 6. The molecule has 0 aliphatic carbocycles. The van der Waals surface area contributed by atoms with Gasteiger partial charge in [-0.2, -0.15) is 0 Å². The SMILES string of the molecule is CC/C=C\C/C=C\C/C=C\C/C=C\CCCCCCCCCCCCC(=O)OC(COC(=O)CCCCCCC/C=C\CCCCCCCC)COC(=O)CCCCCCCCCCCCCCCCC/C=C\C/C=C\CCCCCCC. The van der Waals surface area contributed by atoms with Crippen molar-refractivity contribution in [1.82, 2.24) is 0 Å². The van der Waals surface area contributed by atoms with Gasteiger partial charge in [0.1, 0.15) is 13.2 Å². The summed E-state index contributed by atoms with van der Waals surface area (Å²) in [5.41, 5.74) is 0. The molecule has 1 unspecified atom stereocenters. The topological polar surface area (TPSA) is 78.9 Å². The Kier molecular flexibility index (Phi) is 68.2. The number of allylic oxidation sites excluding steroid dienone is 14. The van der Waals surface area contributed by atoms with Crippen molar-refractivity contribution < 1.29 is 28.6 Å². The molecule has 1 atom stereocenters. The molecule has 83 heavy (non-hydrogen) atoms. The number of esters is 3. The Morgan fingerprint density at radius 3 is 0.747 bits per heavy atom. The highest BCUT2D eigenvalue weighted by Crippen LogP contribution is 2.17. The van der Waals surface area contributed by atoms with Gasteiger partial charge in [-0.1, -0.05) is 318 Å². The van der Waals surface area contributed by atoms with Crippen molar-refractivity contribution in [1.29, 1.82) is 0 Å². The maximum atomic E-state index is 13.0. The maximum Gasteiger partial charge on any atom is 0.306 e. The lowest BCUT2D eigenvalue weighted by Crippen LogP contribution is -2.30. The van der Waals surface area contributed by atoms with Gasteiger partial charge in [0, 0.05) is 19.3 Å². The Morgan fingerprint density at radius 1 is 0.253 bits per heavy atom. The summed E-state index contributed by atoms with van der Waals surface area (Å²) < 4.78 is 17.0. The van der Waals surface area contributed by atoms with Crippen molar-refractivity contribution in [3.8, 4) is 0 Å². The highest BCUT2D eigenvalue weighted by molar-refractivity contribution is 5.71. The van der Waals surface area contributed by atoms with Crippen LogP contribution in [0.2, 0.25) is 0 Å². The summed E-state index contributed by atoms with van der Waals surface area (Å²) in [6.07, 6.45) is 94.7. The first kappa shape index (κ1) is 79.6. The molecule has 0 N–H and O–H groups in total. The van der Waals surface area contributed by atoms with Crippen LogP contribution in [0.4, 0.5) is 0 Å². The van der Waals surface area contributed by atoms with E-state index in [4.69, 9.17) is 14.2 Å². The third-order valence-corrected chi connectivity index (χ3v) is 15.9. The molecule has 0 saturated heterocycles. The molecule has 0 aromatic carbocycles. The highest BCUT2D eigenvalue weighted by atomic mass is 16.6. The number of ether oxygens (including phenoxy) is 3. The number of rotatable bonds is 66. The van der Waals surface area contributed by atoms with Gasteiger partial charge in [-0.05, 0) is 116 Å². The smallest absolute Gasteiger partial charge is 0.306 e. The molecule has 6 nitrogen and oxygen atoms in total. The van der Waals surface area contributed by atoms with E-state index in [1.165, 1.54) is 231 Å². The van der Waals surface area contributed by atoms with Gasteiger partial charge in [0.2, 0.25) is 0 Å². The molecule has 0 rings (SSSR count). The fraction of sp³-hybridized carbons (Fsp3) is 0.779. The van der Waals surface area contributed by atoms with Gasteiger partial charge in [0.15, 0.2) is 6.10 Å². The third kappa shape index (κ3) is 69.3. The quantitative estimate of drug-likeness (QED) is 0.0261. The minimum Gasteiger partial charge on any atom is -0.462 e. The summed E-state index contributed by atoms with van der Waals surface area (Å²) in [5.74, 6) is -0.872. The third-order valence-electron chi connectivity index (χ3n) is 15.9. The van der Waals surface area contributed by atoms with Crippen LogP contribution in [0, 0.1) is 0 Å². The zero-order valence-corrected chi connectivity index (χ0v) is 55.2. The van der Waals surface area contributed by atoms with Gasteiger partial charge in [-0.3, -0.25) is 14.4 Å². The Balaban J connectivity index is 4.30. The molecular weight excluding hydrogens is 1020 g/mol. The second-order valence-corrected chi connectivity index (χ2v) is 24.1. The van der Waals surface area contributed by atoms with Crippen LogP contribution in [0.15, 0.2) is 85.1 Å². The number of unbranched alkanes of at least 4 members (excludes halogenated alkanes) is 41. The molecule has 0 radical (unpaired) electrons. The van der Waals surface area contributed by atoms with Gasteiger partial charge in [0.05, 0.1) is 0 Å². The van der Waals surface area contributed by atoms with Crippen molar-refractivity contribution in [3.63, 3.8) is 0 Å². The van der Waals surface area contributed by atoms with Crippen molar-refractivity contribution in [2.75, 3.05) is 13.2 Å². The van der Waals surface area contributed by atoms with Crippen LogP contribution in [-0.4, -0.2) is 37.2 Å². The van der Waals surface area contributed by atoms with Crippen molar-refractivity contribution >= 4 is 17.9 Å². The first-order valence-electron chi connectivity index (χ1n) is 36.1. The average molecular weight is 1160 g/mol.